The van der Waals surface area contributed by atoms with Gasteiger partial charge in [0.25, 0.3) is 0 Å². The molecule has 22 heavy (non-hydrogen) atoms. The molecule has 4 rings (SSSR count). The molecule has 1 saturated carbocycles. The summed E-state index contributed by atoms with van der Waals surface area (Å²) in [4.78, 5) is 8.71. The Morgan fingerprint density at radius 1 is 1.36 bits per heavy atom. The minimum Gasteiger partial charge on any atom is -0.437 e. The minimum atomic E-state index is -0.476. The van der Waals surface area contributed by atoms with Crippen LogP contribution in [0.5, 0.6) is 0 Å². The van der Waals surface area contributed by atoms with Crippen LogP contribution in [0.4, 0.5) is 4.39 Å². The fraction of sp³-hybridized carbons (Fsp3) is 0.312. The quantitative estimate of drug-likeness (QED) is 0.701. The zero-order valence-electron chi connectivity index (χ0n) is 12.1. The highest BCUT2D eigenvalue weighted by Gasteiger charge is 2.31. The van der Waals surface area contributed by atoms with E-state index in [0.29, 0.717) is 33.8 Å². The van der Waals surface area contributed by atoms with Gasteiger partial charge < -0.3 is 4.42 Å². The van der Waals surface area contributed by atoms with E-state index in [1.54, 1.807) is 12.3 Å². The van der Waals surface area contributed by atoms with Crippen molar-refractivity contribution in [1.29, 1.82) is 5.26 Å². The van der Waals surface area contributed by atoms with Gasteiger partial charge in [-0.3, -0.25) is 0 Å². The molecule has 0 unspecified atom stereocenters. The number of aromatic nitrogens is 2. The second kappa shape index (κ2) is 4.62. The molecule has 0 radical (unpaired) electrons. The summed E-state index contributed by atoms with van der Waals surface area (Å²) in [5.41, 5.74) is 2.22. The normalized spacial score (nSPS) is 14.5. The Kier molecular flexibility index (Phi) is 2.81. The standard InChI is InChI=1S/C16H12FN3OS/c1-7-10(5-18)14-15(21-16(20-14)9-3-4-9)13(17)12(7)11-6-22-8(2)19-11/h6,9H,3-4H2,1-2H3. The summed E-state index contributed by atoms with van der Waals surface area (Å²) < 4.78 is 20.6. The summed E-state index contributed by atoms with van der Waals surface area (Å²) in [6.07, 6.45) is 2.01. The molecule has 0 bridgehead atoms. The molecule has 1 aliphatic carbocycles. The first-order chi connectivity index (χ1) is 10.6. The number of nitriles is 1. The molecule has 2 aromatic heterocycles. The lowest BCUT2D eigenvalue weighted by molar-refractivity contribution is 0.509. The Hall–Kier alpha value is -2.26. The van der Waals surface area contributed by atoms with Gasteiger partial charge in [-0.15, -0.1) is 11.3 Å². The van der Waals surface area contributed by atoms with Gasteiger partial charge >= 0.3 is 0 Å². The smallest absolute Gasteiger partial charge is 0.198 e. The van der Waals surface area contributed by atoms with Crippen molar-refractivity contribution in [3.8, 4) is 17.3 Å². The second-order valence-electron chi connectivity index (χ2n) is 5.56. The molecule has 0 aliphatic heterocycles. The first-order valence-electron chi connectivity index (χ1n) is 7.05. The van der Waals surface area contributed by atoms with Gasteiger partial charge in [0.2, 0.25) is 0 Å². The van der Waals surface area contributed by atoms with Gasteiger partial charge in [0, 0.05) is 16.9 Å². The Morgan fingerprint density at radius 3 is 2.73 bits per heavy atom. The molecular formula is C16H12FN3OS. The largest absolute Gasteiger partial charge is 0.437 e. The molecule has 0 atom stereocenters. The monoisotopic (exact) mass is 313 g/mol. The third-order valence-electron chi connectivity index (χ3n) is 3.96. The zero-order chi connectivity index (χ0) is 15.4. The van der Waals surface area contributed by atoms with Crippen LogP contribution in [-0.2, 0) is 0 Å². The number of benzene rings is 1. The molecule has 3 aromatic rings. The molecular weight excluding hydrogens is 301 g/mol. The number of aryl methyl sites for hydroxylation is 1. The maximum Gasteiger partial charge on any atom is 0.198 e. The number of halogens is 1. The van der Waals surface area contributed by atoms with Crippen molar-refractivity contribution >= 4 is 22.4 Å². The van der Waals surface area contributed by atoms with Crippen LogP contribution in [0.2, 0.25) is 0 Å². The van der Waals surface area contributed by atoms with Gasteiger partial charge in [-0.25, -0.2) is 14.4 Å². The van der Waals surface area contributed by atoms with E-state index >= 15 is 0 Å². The lowest BCUT2D eigenvalue weighted by Gasteiger charge is -2.07. The summed E-state index contributed by atoms with van der Waals surface area (Å²) in [6, 6.07) is 2.14. The predicted molar refractivity (Wildman–Crippen MR) is 81.2 cm³/mol. The first kappa shape index (κ1) is 13.4. The second-order valence-corrected chi connectivity index (χ2v) is 6.62. The Labute approximate surface area is 130 Å². The highest BCUT2D eigenvalue weighted by Crippen LogP contribution is 2.43. The fourth-order valence-corrected chi connectivity index (χ4v) is 3.26. The molecule has 1 fully saturated rings. The summed E-state index contributed by atoms with van der Waals surface area (Å²) in [5.74, 6) is 0.330. The summed E-state index contributed by atoms with van der Waals surface area (Å²) in [5, 5.41) is 12.1. The summed E-state index contributed by atoms with van der Waals surface area (Å²) >= 11 is 1.45. The van der Waals surface area contributed by atoms with Crippen LogP contribution in [0.1, 0.15) is 40.8 Å². The van der Waals surface area contributed by atoms with Crippen molar-refractivity contribution < 1.29 is 8.81 Å². The number of rotatable bonds is 2. The molecule has 1 aromatic carbocycles. The molecule has 1 aliphatic rings. The summed E-state index contributed by atoms with van der Waals surface area (Å²) in [7, 11) is 0. The van der Waals surface area contributed by atoms with Crippen molar-refractivity contribution in [2.75, 3.05) is 0 Å². The third kappa shape index (κ3) is 1.86. The molecule has 0 N–H and O–H groups in total. The molecule has 4 nitrogen and oxygen atoms in total. The molecule has 0 amide bonds. The van der Waals surface area contributed by atoms with Crippen LogP contribution in [0.3, 0.4) is 0 Å². The van der Waals surface area contributed by atoms with E-state index in [-0.39, 0.29) is 11.5 Å². The molecule has 110 valence electrons. The van der Waals surface area contributed by atoms with Crippen LogP contribution in [0.25, 0.3) is 22.4 Å². The number of hydrogen-bond acceptors (Lipinski definition) is 5. The van der Waals surface area contributed by atoms with E-state index < -0.39 is 5.82 Å². The van der Waals surface area contributed by atoms with Gasteiger partial charge in [0.05, 0.1) is 16.3 Å². The number of hydrogen-bond donors (Lipinski definition) is 0. The maximum absolute atomic E-state index is 15.0. The van der Waals surface area contributed by atoms with Crippen molar-refractivity contribution in [1.82, 2.24) is 9.97 Å². The van der Waals surface area contributed by atoms with Crippen LogP contribution in [0, 0.1) is 31.0 Å². The average Bonchev–Trinajstić information content (AvgIpc) is 3.11. The van der Waals surface area contributed by atoms with Crippen LogP contribution in [-0.4, -0.2) is 9.97 Å². The lowest BCUT2D eigenvalue weighted by atomic mass is 9.99. The van der Waals surface area contributed by atoms with Gasteiger partial charge in [-0.2, -0.15) is 5.26 Å². The molecule has 0 saturated heterocycles. The number of thiazole rings is 1. The van der Waals surface area contributed by atoms with Crippen molar-refractivity contribution in [2.45, 2.75) is 32.6 Å². The summed E-state index contributed by atoms with van der Waals surface area (Å²) in [6.45, 7) is 3.60. The van der Waals surface area contributed by atoms with Gasteiger partial charge in [-0.1, -0.05) is 0 Å². The van der Waals surface area contributed by atoms with E-state index in [2.05, 4.69) is 16.0 Å². The molecule has 0 spiro atoms. The van der Waals surface area contributed by atoms with Crippen molar-refractivity contribution in [2.24, 2.45) is 0 Å². The van der Waals surface area contributed by atoms with Gasteiger partial charge in [0.15, 0.2) is 17.3 Å². The van der Waals surface area contributed by atoms with E-state index in [1.165, 1.54) is 11.3 Å². The Morgan fingerprint density at radius 2 is 2.14 bits per heavy atom. The van der Waals surface area contributed by atoms with E-state index in [4.69, 9.17) is 4.42 Å². The number of fused-ring (bicyclic) bond motifs is 1. The highest BCUT2D eigenvalue weighted by molar-refractivity contribution is 7.09. The van der Waals surface area contributed by atoms with Gasteiger partial charge in [0.1, 0.15) is 11.6 Å². The first-order valence-corrected chi connectivity index (χ1v) is 7.93. The predicted octanol–water partition coefficient (Wildman–Crippen LogP) is 4.46. The Balaban J connectivity index is 2.07. The van der Waals surface area contributed by atoms with Crippen LogP contribution in [0.15, 0.2) is 9.80 Å². The van der Waals surface area contributed by atoms with Crippen LogP contribution < -0.4 is 0 Å². The lowest BCUT2D eigenvalue weighted by Crippen LogP contribution is -1.96. The number of oxazole rings is 1. The van der Waals surface area contributed by atoms with E-state index in [1.807, 2.05) is 6.92 Å². The van der Waals surface area contributed by atoms with Crippen LogP contribution >= 0.6 is 11.3 Å². The van der Waals surface area contributed by atoms with Crippen molar-refractivity contribution in [3.05, 3.63) is 33.2 Å². The topological polar surface area (TPSA) is 62.7 Å². The molecule has 2 heterocycles. The minimum absolute atomic E-state index is 0.0738. The third-order valence-corrected chi connectivity index (χ3v) is 4.74. The van der Waals surface area contributed by atoms with E-state index in [9.17, 15) is 9.65 Å². The highest BCUT2D eigenvalue weighted by atomic mass is 32.1. The van der Waals surface area contributed by atoms with Gasteiger partial charge in [-0.05, 0) is 32.3 Å². The van der Waals surface area contributed by atoms with Crippen molar-refractivity contribution in [3.63, 3.8) is 0 Å². The SMILES string of the molecule is Cc1nc(-c2c(C)c(C#N)c3nc(C4CC4)oc3c2F)cs1. The zero-order valence-corrected chi connectivity index (χ0v) is 12.9. The maximum atomic E-state index is 15.0. The number of nitrogens with zero attached hydrogens (tertiary/aromatic N) is 3. The average molecular weight is 313 g/mol. The fourth-order valence-electron chi connectivity index (χ4n) is 2.66. The van der Waals surface area contributed by atoms with E-state index in [0.717, 1.165) is 17.8 Å². The molecule has 6 heteroatoms. The Bertz CT molecular complexity index is 947.